The van der Waals surface area contributed by atoms with Gasteiger partial charge in [-0.3, -0.25) is 9.78 Å². The molecule has 0 aliphatic carbocycles. The predicted octanol–water partition coefficient (Wildman–Crippen LogP) is 1.88. The first kappa shape index (κ1) is 17.2. The molecule has 2 heterocycles. The highest BCUT2D eigenvalue weighted by Crippen LogP contribution is 2.20. The number of para-hydroxylation sites is 1. The van der Waals surface area contributed by atoms with Gasteiger partial charge in [-0.05, 0) is 25.0 Å². The second-order valence-electron chi connectivity index (χ2n) is 5.72. The van der Waals surface area contributed by atoms with E-state index in [9.17, 15) is 4.79 Å². The summed E-state index contributed by atoms with van der Waals surface area (Å²) in [7, 11) is 0. The van der Waals surface area contributed by atoms with E-state index < -0.39 is 0 Å². The zero-order chi connectivity index (χ0) is 17.3. The molecule has 25 heavy (non-hydrogen) atoms. The minimum atomic E-state index is -0.163. The highest BCUT2D eigenvalue weighted by molar-refractivity contribution is 5.96. The Labute approximate surface area is 146 Å². The van der Waals surface area contributed by atoms with Crippen LogP contribution in [0.3, 0.4) is 0 Å². The van der Waals surface area contributed by atoms with Crippen molar-refractivity contribution in [1.29, 1.82) is 0 Å². The van der Waals surface area contributed by atoms with Crippen LogP contribution in [0, 0.1) is 0 Å². The molecule has 132 valence electrons. The normalized spacial score (nSPS) is 16.4. The molecule has 0 saturated carbocycles. The standard InChI is InChI=1S/C18H22N4O3/c23-18(22-10-9-21-17-12-19-7-8-20-17)15-5-1-2-6-16(15)25-13-14-4-3-11-24-14/h1-2,5-8,12,14H,3-4,9-11,13H2,(H,20,21)(H,22,23)/t14-/m0/s1. The van der Waals surface area contributed by atoms with Crippen molar-refractivity contribution < 1.29 is 14.3 Å². The lowest BCUT2D eigenvalue weighted by atomic mass is 10.2. The average molecular weight is 342 g/mol. The van der Waals surface area contributed by atoms with E-state index in [1.165, 1.54) is 0 Å². The first-order valence-corrected chi connectivity index (χ1v) is 8.44. The average Bonchev–Trinajstić information content (AvgIpc) is 3.18. The van der Waals surface area contributed by atoms with Gasteiger partial charge in [-0.2, -0.15) is 0 Å². The van der Waals surface area contributed by atoms with Gasteiger partial charge in [-0.15, -0.1) is 0 Å². The van der Waals surface area contributed by atoms with Gasteiger partial charge in [0.15, 0.2) is 0 Å². The zero-order valence-electron chi connectivity index (χ0n) is 14.0. The van der Waals surface area contributed by atoms with Gasteiger partial charge in [-0.1, -0.05) is 12.1 Å². The Bertz CT molecular complexity index is 675. The SMILES string of the molecule is O=C(NCCNc1cnccn1)c1ccccc1OC[C@@H]1CCCO1. The fourth-order valence-corrected chi connectivity index (χ4v) is 2.59. The van der Waals surface area contributed by atoms with Crippen LogP contribution in [-0.4, -0.2) is 48.3 Å². The van der Waals surface area contributed by atoms with Crippen LogP contribution in [0.2, 0.25) is 0 Å². The largest absolute Gasteiger partial charge is 0.490 e. The zero-order valence-corrected chi connectivity index (χ0v) is 14.0. The van der Waals surface area contributed by atoms with Crippen LogP contribution in [0.5, 0.6) is 5.75 Å². The van der Waals surface area contributed by atoms with Crippen molar-refractivity contribution in [1.82, 2.24) is 15.3 Å². The smallest absolute Gasteiger partial charge is 0.255 e. The van der Waals surface area contributed by atoms with E-state index in [0.29, 0.717) is 36.8 Å². The van der Waals surface area contributed by atoms with Crippen LogP contribution in [-0.2, 0) is 4.74 Å². The van der Waals surface area contributed by atoms with Gasteiger partial charge in [-0.25, -0.2) is 4.98 Å². The Hall–Kier alpha value is -2.67. The van der Waals surface area contributed by atoms with E-state index in [2.05, 4.69) is 20.6 Å². The molecule has 0 radical (unpaired) electrons. The van der Waals surface area contributed by atoms with Crippen LogP contribution in [0.4, 0.5) is 5.82 Å². The molecule has 0 unspecified atom stereocenters. The first-order chi connectivity index (χ1) is 12.3. The first-order valence-electron chi connectivity index (χ1n) is 8.44. The molecule has 7 nitrogen and oxygen atoms in total. The van der Waals surface area contributed by atoms with Gasteiger partial charge < -0.3 is 20.1 Å². The van der Waals surface area contributed by atoms with Crippen molar-refractivity contribution in [2.24, 2.45) is 0 Å². The number of carbonyl (C=O) groups is 1. The van der Waals surface area contributed by atoms with E-state index in [1.54, 1.807) is 24.7 Å². The van der Waals surface area contributed by atoms with E-state index in [-0.39, 0.29) is 12.0 Å². The molecule has 1 aliphatic heterocycles. The maximum Gasteiger partial charge on any atom is 0.255 e. The number of aromatic nitrogens is 2. The Morgan fingerprint density at radius 1 is 1.28 bits per heavy atom. The Morgan fingerprint density at radius 3 is 3.00 bits per heavy atom. The number of hydrogen-bond donors (Lipinski definition) is 2. The third-order valence-corrected chi connectivity index (χ3v) is 3.86. The Balaban J connectivity index is 1.47. The van der Waals surface area contributed by atoms with Gasteiger partial charge in [0, 0.05) is 32.1 Å². The molecule has 0 spiro atoms. The fraction of sp³-hybridized carbons (Fsp3) is 0.389. The van der Waals surface area contributed by atoms with Gasteiger partial charge >= 0.3 is 0 Å². The fourth-order valence-electron chi connectivity index (χ4n) is 2.59. The van der Waals surface area contributed by atoms with Crippen LogP contribution >= 0.6 is 0 Å². The lowest BCUT2D eigenvalue weighted by Crippen LogP contribution is -2.29. The van der Waals surface area contributed by atoms with E-state index in [4.69, 9.17) is 9.47 Å². The van der Waals surface area contributed by atoms with Gasteiger partial charge in [0.2, 0.25) is 0 Å². The van der Waals surface area contributed by atoms with E-state index >= 15 is 0 Å². The van der Waals surface area contributed by atoms with Gasteiger partial charge in [0.25, 0.3) is 5.91 Å². The van der Waals surface area contributed by atoms with Crippen molar-refractivity contribution in [3.63, 3.8) is 0 Å². The number of nitrogens with zero attached hydrogens (tertiary/aromatic N) is 2. The summed E-state index contributed by atoms with van der Waals surface area (Å²) in [6, 6.07) is 7.25. The summed E-state index contributed by atoms with van der Waals surface area (Å²) >= 11 is 0. The summed E-state index contributed by atoms with van der Waals surface area (Å²) in [5.74, 6) is 1.10. The molecular weight excluding hydrogens is 320 g/mol. The van der Waals surface area contributed by atoms with Crippen molar-refractivity contribution in [3.8, 4) is 5.75 Å². The molecule has 7 heteroatoms. The van der Waals surface area contributed by atoms with E-state index in [1.807, 2.05) is 18.2 Å². The highest BCUT2D eigenvalue weighted by Gasteiger charge is 2.18. The third-order valence-electron chi connectivity index (χ3n) is 3.86. The number of benzene rings is 1. The lowest BCUT2D eigenvalue weighted by Gasteiger charge is -2.14. The van der Waals surface area contributed by atoms with Crippen LogP contribution in [0.15, 0.2) is 42.9 Å². The van der Waals surface area contributed by atoms with Crippen LogP contribution in [0.1, 0.15) is 23.2 Å². The third kappa shape index (κ3) is 5.15. The summed E-state index contributed by atoms with van der Waals surface area (Å²) in [6.07, 6.45) is 7.04. The quantitative estimate of drug-likeness (QED) is 0.713. The lowest BCUT2D eigenvalue weighted by molar-refractivity contribution is 0.0670. The minimum Gasteiger partial charge on any atom is -0.490 e. The number of ether oxygens (including phenoxy) is 2. The molecule has 1 aliphatic rings. The molecule has 2 N–H and O–H groups in total. The molecule has 1 aromatic carbocycles. The molecule has 1 fully saturated rings. The number of amides is 1. The molecule has 1 atom stereocenters. The summed E-state index contributed by atoms with van der Waals surface area (Å²) in [6.45, 7) is 2.28. The summed E-state index contributed by atoms with van der Waals surface area (Å²) in [5, 5.41) is 5.97. The summed E-state index contributed by atoms with van der Waals surface area (Å²) in [4.78, 5) is 20.5. The molecule has 1 aromatic heterocycles. The maximum atomic E-state index is 12.4. The molecule has 0 bridgehead atoms. The number of nitrogens with one attached hydrogen (secondary N) is 2. The number of hydrogen-bond acceptors (Lipinski definition) is 6. The molecule has 3 rings (SSSR count). The topological polar surface area (TPSA) is 85.4 Å². The second kappa shape index (κ2) is 8.98. The molecule has 1 amide bonds. The summed E-state index contributed by atoms with van der Waals surface area (Å²) < 4.78 is 11.3. The predicted molar refractivity (Wildman–Crippen MR) is 93.8 cm³/mol. The minimum absolute atomic E-state index is 0.118. The molecule has 2 aromatic rings. The Kier molecular flexibility index (Phi) is 6.17. The maximum absolute atomic E-state index is 12.4. The molecule has 1 saturated heterocycles. The van der Waals surface area contributed by atoms with E-state index in [0.717, 1.165) is 19.4 Å². The van der Waals surface area contributed by atoms with Crippen LogP contribution in [0.25, 0.3) is 0 Å². The summed E-state index contributed by atoms with van der Waals surface area (Å²) in [5.41, 5.74) is 0.528. The van der Waals surface area contributed by atoms with Crippen molar-refractivity contribution in [3.05, 3.63) is 48.4 Å². The second-order valence-corrected chi connectivity index (χ2v) is 5.72. The van der Waals surface area contributed by atoms with Crippen molar-refractivity contribution in [2.75, 3.05) is 31.6 Å². The van der Waals surface area contributed by atoms with Gasteiger partial charge in [0.1, 0.15) is 18.2 Å². The highest BCUT2D eigenvalue weighted by atomic mass is 16.5. The van der Waals surface area contributed by atoms with Crippen molar-refractivity contribution in [2.45, 2.75) is 18.9 Å². The van der Waals surface area contributed by atoms with Gasteiger partial charge in [0.05, 0.1) is 17.9 Å². The monoisotopic (exact) mass is 342 g/mol. The Morgan fingerprint density at radius 2 is 2.20 bits per heavy atom. The number of carbonyl (C=O) groups excluding carboxylic acids is 1. The van der Waals surface area contributed by atoms with Crippen LogP contribution < -0.4 is 15.4 Å². The number of anilines is 1. The number of rotatable bonds is 8. The van der Waals surface area contributed by atoms with Crippen molar-refractivity contribution >= 4 is 11.7 Å². The molecular formula is C18H22N4O3.